The van der Waals surface area contributed by atoms with Gasteiger partial charge in [-0.3, -0.25) is 5.21 Å². The SMILES string of the molecule is O=C([O-])N1CCC(c2ccc[n+](O)c2)CC1. The summed E-state index contributed by atoms with van der Waals surface area (Å²) >= 11 is 0. The van der Waals surface area contributed by atoms with Gasteiger partial charge in [-0.15, -0.1) is 0 Å². The summed E-state index contributed by atoms with van der Waals surface area (Å²) in [4.78, 5) is 11.9. The lowest BCUT2D eigenvalue weighted by Crippen LogP contribution is -2.45. The van der Waals surface area contributed by atoms with Gasteiger partial charge in [0.2, 0.25) is 12.4 Å². The molecule has 2 heterocycles. The first-order chi connectivity index (χ1) is 7.66. The van der Waals surface area contributed by atoms with E-state index in [1.54, 1.807) is 18.5 Å². The van der Waals surface area contributed by atoms with Crippen LogP contribution in [0.5, 0.6) is 0 Å². The third-order valence-corrected chi connectivity index (χ3v) is 3.03. The molecule has 1 aromatic heterocycles. The lowest BCUT2D eigenvalue weighted by atomic mass is 9.91. The second-order valence-corrected chi connectivity index (χ2v) is 4.04. The van der Waals surface area contributed by atoms with Crippen molar-refractivity contribution in [3.63, 3.8) is 0 Å². The van der Waals surface area contributed by atoms with Crippen LogP contribution in [-0.4, -0.2) is 29.3 Å². The second kappa shape index (κ2) is 4.38. The molecule has 0 unspecified atom stereocenters. The standard InChI is InChI=1S/C11H14N2O3/c14-11(15)12-6-3-9(4-7-12)10-2-1-5-13(16)8-10/h1-2,5,8-9H,3-4,6-7H2,(H-,14,15,16). The van der Waals surface area contributed by atoms with Gasteiger partial charge in [0.15, 0.2) is 0 Å². The molecule has 5 nitrogen and oxygen atoms in total. The minimum absolute atomic E-state index is 0.315. The number of rotatable bonds is 1. The maximum Gasteiger partial charge on any atom is 0.225 e. The number of aromatic nitrogens is 1. The molecular formula is C11H14N2O3. The quantitative estimate of drug-likeness (QED) is 0.525. The van der Waals surface area contributed by atoms with E-state index < -0.39 is 6.09 Å². The Labute approximate surface area is 93.5 Å². The first-order valence-electron chi connectivity index (χ1n) is 5.33. The molecule has 0 aliphatic carbocycles. The third kappa shape index (κ3) is 2.24. The summed E-state index contributed by atoms with van der Waals surface area (Å²) in [7, 11) is 0. The Balaban J connectivity index is 2.01. The summed E-state index contributed by atoms with van der Waals surface area (Å²) in [6, 6.07) is 3.73. The van der Waals surface area contributed by atoms with Crippen molar-refractivity contribution in [3.05, 3.63) is 30.1 Å². The molecule has 0 saturated carbocycles. The van der Waals surface area contributed by atoms with Gasteiger partial charge in [0.25, 0.3) is 0 Å². The van der Waals surface area contributed by atoms with Crippen molar-refractivity contribution in [3.8, 4) is 0 Å². The zero-order chi connectivity index (χ0) is 11.5. The van der Waals surface area contributed by atoms with Crippen molar-refractivity contribution >= 4 is 6.09 Å². The smallest absolute Gasteiger partial charge is 0.225 e. The topological polar surface area (TPSA) is 67.5 Å². The monoisotopic (exact) mass is 222 g/mol. The summed E-state index contributed by atoms with van der Waals surface area (Å²) in [6.45, 7) is 1.01. The van der Waals surface area contributed by atoms with Gasteiger partial charge in [-0.05, 0) is 24.8 Å². The van der Waals surface area contributed by atoms with Crippen LogP contribution < -0.4 is 9.84 Å². The number of likely N-dealkylation sites (tertiary alicyclic amines) is 1. The summed E-state index contributed by atoms with van der Waals surface area (Å²) in [5.74, 6) is 0.315. The normalized spacial score (nSPS) is 17.4. The van der Waals surface area contributed by atoms with Crippen LogP contribution in [0.15, 0.2) is 24.5 Å². The zero-order valence-electron chi connectivity index (χ0n) is 8.87. The van der Waals surface area contributed by atoms with Crippen molar-refractivity contribution in [2.45, 2.75) is 18.8 Å². The molecule has 0 aromatic carbocycles. The van der Waals surface area contributed by atoms with Crippen molar-refractivity contribution < 1.29 is 19.8 Å². The highest BCUT2D eigenvalue weighted by molar-refractivity contribution is 5.62. The Bertz CT molecular complexity index is 387. The highest BCUT2D eigenvalue weighted by Gasteiger charge is 2.22. The van der Waals surface area contributed by atoms with Gasteiger partial charge in [-0.1, -0.05) is 0 Å². The van der Waals surface area contributed by atoms with Crippen molar-refractivity contribution in [2.75, 3.05) is 13.1 Å². The molecule has 2 rings (SSSR count). The van der Waals surface area contributed by atoms with E-state index >= 15 is 0 Å². The van der Waals surface area contributed by atoms with Crippen LogP contribution in [0.2, 0.25) is 0 Å². The molecule has 1 amide bonds. The number of carbonyl (C=O) groups excluding carboxylic acids is 1. The molecular weight excluding hydrogens is 208 g/mol. The van der Waals surface area contributed by atoms with E-state index in [9.17, 15) is 15.1 Å². The van der Waals surface area contributed by atoms with E-state index in [4.69, 9.17) is 0 Å². The predicted octanol–water partition coefficient (Wildman–Crippen LogP) is -0.266. The number of hydrogen-bond acceptors (Lipinski definition) is 3. The number of carbonyl (C=O) groups is 1. The first kappa shape index (κ1) is 10.7. The summed E-state index contributed by atoms with van der Waals surface area (Å²) in [5, 5.41) is 19.9. The Morgan fingerprint density at radius 1 is 1.50 bits per heavy atom. The van der Waals surface area contributed by atoms with Crippen LogP contribution in [0.25, 0.3) is 0 Å². The van der Waals surface area contributed by atoms with Gasteiger partial charge in [0, 0.05) is 29.4 Å². The van der Waals surface area contributed by atoms with Crippen molar-refractivity contribution in [1.29, 1.82) is 0 Å². The first-order valence-corrected chi connectivity index (χ1v) is 5.33. The average Bonchev–Trinajstić information content (AvgIpc) is 2.29. The number of piperidine rings is 1. The fraction of sp³-hybridized carbons (Fsp3) is 0.455. The molecule has 1 fully saturated rings. The fourth-order valence-electron chi connectivity index (χ4n) is 2.12. The number of amides is 1. The Morgan fingerprint density at radius 3 is 2.75 bits per heavy atom. The molecule has 86 valence electrons. The molecule has 5 heteroatoms. The summed E-state index contributed by atoms with van der Waals surface area (Å²) < 4.78 is 1.03. The van der Waals surface area contributed by atoms with E-state index in [-0.39, 0.29) is 0 Å². The van der Waals surface area contributed by atoms with Crippen LogP contribution in [0.1, 0.15) is 24.3 Å². The molecule has 0 spiro atoms. The Hall–Kier alpha value is -1.78. The maximum absolute atomic E-state index is 10.6. The summed E-state index contributed by atoms with van der Waals surface area (Å²) in [6.07, 6.45) is 3.68. The lowest BCUT2D eigenvalue weighted by Gasteiger charge is -2.33. The van der Waals surface area contributed by atoms with Gasteiger partial charge in [-0.25, -0.2) is 0 Å². The van der Waals surface area contributed by atoms with E-state index in [1.165, 1.54) is 4.90 Å². The van der Waals surface area contributed by atoms with Gasteiger partial charge in [-0.2, -0.15) is 0 Å². The predicted molar refractivity (Wildman–Crippen MR) is 52.8 cm³/mol. The van der Waals surface area contributed by atoms with Gasteiger partial charge in [0.05, 0.1) is 0 Å². The molecule has 1 aromatic rings. The highest BCUT2D eigenvalue weighted by atomic mass is 16.5. The minimum atomic E-state index is -1.09. The van der Waals surface area contributed by atoms with Crippen LogP contribution in [0.4, 0.5) is 4.79 Å². The van der Waals surface area contributed by atoms with Crippen LogP contribution in [0.3, 0.4) is 0 Å². The van der Waals surface area contributed by atoms with Gasteiger partial charge >= 0.3 is 0 Å². The zero-order valence-corrected chi connectivity index (χ0v) is 8.87. The third-order valence-electron chi connectivity index (χ3n) is 3.03. The number of nitrogens with zero attached hydrogens (tertiary/aromatic N) is 2. The number of carboxylic acid groups (broad SMARTS) is 1. The number of hydrogen-bond donors (Lipinski definition) is 1. The molecule has 16 heavy (non-hydrogen) atoms. The van der Waals surface area contributed by atoms with E-state index in [1.807, 2.05) is 6.07 Å². The molecule has 1 N–H and O–H groups in total. The lowest BCUT2D eigenvalue weighted by molar-refractivity contribution is -0.905. The van der Waals surface area contributed by atoms with Crippen LogP contribution >= 0.6 is 0 Å². The van der Waals surface area contributed by atoms with Crippen molar-refractivity contribution in [1.82, 2.24) is 4.90 Å². The van der Waals surface area contributed by atoms with Gasteiger partial charge < -0.3 is 14.8 Å². The minimum Gasteiger partial charge on any atom is -0.530 e. The Kier molecular flexibility index (Phi) is 2.94. The largest absolute Gasteiger partial charge is 0.530 e. The fourth-order valence-corrected chi connectivity index (χ4v) is 2.12. The molecule has 1 saturated heterocycles. The molecule has 0 radical (unpaired) electrons. The van der Waals surface area contributed by atoms with E-state index in [0.29, 0.717) is 19.0 Å². The van der Waals surface area contributed by atoms with E-state index in [2.05, 4.69) is 0 Å². The second-order valence-electron chi connectivity index (χ2n) is 4.04. The summed E-state index contributed by atoms with van der Waals surface area (Å²) in [5.41, 5.74) is 1.04. The van der Waals surface area contributed by atoms with Gasteiger partial charge in [0.1, 0.15) is 6.09 Å². The molecule has 0 bridgehead atoms. The highest BCUT2D eigenvalue weighted by Crippen LogP contribution is 2.26. The Morgan fingerprint density at radius 2 is 2.19 bits per heavy atom. The molecule has 1 aliphatic heterocycles. The van der Waals surface area contributed by atoms with E-state index in [0.717, 1.165) is 23.1 Å². The van der Waals surface area contributed by atoms with Crippen molar-refractivity contribution in [2.24, 2.45) is 0 Å². The average molecular weight is 222 g/mol. The van der Waals surface area contributed by atoms with Crippen LogP contribution in [0, 0.1) is 0 Å². The maximum atomic E-state index is 10.6. The number of pyridine rings is 1. The molecule has 0 atom stereocenters. The van der Waals surface area contributed by atoms with Crippen LogP contribution in [-0.2, 0) is 0 Å². The molecule has 1 aliphatic rings.